The smallest absolute Gasteiger partial charge is 0.00700 e. The summed E-state index contributed by atoms with van der Waals surface area (Å²) in [4.78, 5) is 0. The second-order valence-electron chi connectivity index (χ2n) is 6.60. The molecule has 2 rings (SSSR count). The first-order valence-corrected chi connectivity index (χ1v) is 8.00. The molecule has 0 aromatic heterocycles. The van der Waals surface area contributed by atoms with Crippen molar-refractivity contribution in [3.8, 4) is 0 Å². The molecule has 1 nitrogen and oxygen atoms in total. The third-order valence-corrected chi connectivity index (χ3v) is 5.72. The van der Waals surface area contributed by atoms with Crippen LogP contribution in [0.15, 0.2) is 0 Å². The Morgan fingerprint density at radius 2 is 1.41 bits per heavy atom. The highest BCUT2D eigenvalue weighted by Crippen LogP contribution is 2.42. The van der Waals surface area contributed by atoms with Crippen molar-refractivity contribution in [3.63, 3.8) is 0 Å². The van der Waals surface area contributed by atoms with Crippen LogP contribution in [0.3, 0.4) is 0 Å². The summed E-state index contributed by atoms with van der Waals surface area (Å²) in [5.74, 6) is 3.81. The zero-order valence-electron chi connectivity index (χ0n) is 11.8. The molecule has 0 aliphatic heterocycles. The van der Waals surface area contributed by atoms with E-state index in [0.717, 1.165) is 23.7 Å². The van der Waals surface area contributed by atoms with E-state index in [9.17, 15) is 0 Å². The average Bonchev–Trinajstić information content (AvgIpc) is 2.39. The van der Waals surface area contributed by atoms with Gasteiger partial charge >= 0.3 is 0 Å². The molecular formula is C16H31N. The van der Waals surface area contributed by atoms with Crippen molar-refractivity contribution in [2.45, 2.75) is 77.7 Å². The predicted molar refractivity (Wildman–Crippen MR) is 74.8 cm³/mol. The first-order valence-electron chi connectivity index (χ1n) is 8.00. The number of nitrogens with two attached hydrogens (primary N) is 1. The highest BCUT2D eigenvalue weighted by atomic mass is 14.7. The van der Waals surface area contributed by atoms with Crippen LogP contribution in [0.5, 0.6) is 0 Å². The van der Waals surface area contributed by atoms with Gasteiger partial charge in [0.25, 0.3) is 0 Å². The summed E-state index contributed by atoms with van der Waals surface area (Å²) in [6, 6.07) is 0.515. The van der Waals surface area contributed by atoms with Crippen LogP contribution in [0.4, 0.5) is 0 Å². The van der Waals surface area contributed by atoms with Crippen molar-refractivity contribution in [1.82, 2.24) is 0 Å². The van der Waals surface area contributed by atoms with Crippen LogP contribution < -0.4 is 5.73 Å². The average molecular weight is 237 g/mol. The number of hydrogen-bond donors (Lipinski definition) is 1. The van der Waals surface area contributed by atoms with Gasteiger partial charge in [0, 0.05) is 6.04 Å². The Hall–Kier alpha value is -0.0400. The molecule has 0 saturated heterocycles. The maximum atomic E-state index is 6.39. The van der Waals surface area contributed by atoms with E-state index in [2.05, 4.69) is 13.8 Å². The molecule has 2 fully saturated rings. The topological polar surface area (TPSA) is 26.0 Å². The van der Waals surface area contributed by atoms with Crippen molar-refractivity contribution < 1.29 is 0 Å². The molecule has 17 heavy (non-hydrogen) atoms. The van der Waals surface area contributed by atoms with E-state index in [1.54, 1.807) is 0 Å². The van der Waals surface area contributed by atoms with Gasteiger partial charge in [-0.15, -0.1) is 0 Å². The second kappa shape index (κ2) is 6.22. The van der Waals surface area contributed by atoms with Gasteiger partial charge < -0.3 is 5.73 Å². The molecule has 0 aromatic rings. The van der Waals surface area contributed by atoms with E-state index in [1.165, 1.54) is 57.8 Å². The molecule has 0 amide bonds. The van der Waals surface area contributed by atoms with Crippen LogP contribution in [-0.4, -0.2) is 6.04 Å². The molecule has 2 N–H and O–H groups in total. The molecule has 0 heterocycles. The Morgan fingerprint density at radius 1 is 0.824 bits per heavy atom. The van der Waals surface area contributed by atoms with E-state index < -0.39 is 0 Å². The molecule has 0 aromatic carbocycles. The summed E-state index contributed by atoms with van der Waals surface area (Å²) in [7, 11) is 0. The lowest BCUT2D eigenvalue weighted by Crippen LogP contribution is -2.41. The molecule has 100 valence electrons. The largest absolute Gasteiger partial charge is 0.327 e. The van der Waals surface area contributed by atoms with Crippen molar-refractivity contribution in [3.05, 3.63) is 0 Å². The monoisotopic (exact) mass is 237 g/mol. The van der Waals surface area contributed by atoms with Crippen molar-refractivity contribution in [2.24, 2.45) is 29.4 Å². The predicted octanol–water partition coefficient (Wildman–Crippen LogP) is 4.36. The fourth-order valence-electron chi connectivity index (χ4n) is 4.26. The Bertz CT molecular complexity index is 218. The fourth-order valence-corrected chi connectivity index (χ4v) is 4.26. The third kappa shape index (κ3) is 3.24. The summed E-state index contributed by atoms with van der Waals surface area (Å²) >= 11 is 0. The number of rotatable bonds is 3. The minimum atomic E-state index is 0.515. The van der Waals surface area contributed by atoms with E-state index in [1.807, 2.05) is 0 Å². The molecule has 1 heteroatoms. The molecule has 2 aliphatic rings. The first-order chi connectivity index (χ1) is 8.24. The lowest BCUT2D eigenvalue weighted by molar-refractivity contribution is 0.118. The fraction of sp³-hybridized carbons (Fsp3) is 1.00. The minimum absolute atomic E-state index is 0.515. The van der Waals surface area contributed by atoms with Gasteiger partial charge in [-0.1, -0.05) is 39.5 Å². The van der Waals surface area contributed by atoms with Gasteiger partial charge in [-0.25, -0.2) is 0 Å². The van der Waals surface area contributed by atoms with Crippen LogP contribution >= 0.6 is 0 Å². The minimum Gasteiger partial charge on any atom is -0.327 e. The van der Waals surface area contributed by atoms with Gasteiger partial charge in [-0.3, -0.25) is 0 Å². The van der Waals surface area contributed by atoms with Crippen LogP contribution in [0.25, 0.3) is 0 Å². The summed E-state index contributed by atoms with van der Waals surface area (Å²) in [6.45, 7) is 4.71. The summed E-state index contributed by atoms with van der Waals surface area (Å²) in [6.07, 6.45) is 12.7. The van der Waals surface area contributed by atoms with Gasteiger partial charge in [-0.05, 0) is 55.8 Å². The highest BCUT2D eigenvalue weighted by Gasteiger charge is 2.34. The van der Waals surface area contributed by atoms with Crippen LogP contribution in [0, 0.1) is 23.7 Å². The summed E-state index contributed by atoms with van der Waals surface area (Å²) in [5, 5.41) is 0. The zero-order valence-corrected chi connectivity index (χ0v) is 11.8. The van der Waals surface area contributed by atoms with Gasteiger partial charge in [0.05, 0.1) is 0 Å². The summed E-state index contributed by atoms with van der Waals surface area (Å²) < 4.78 is 0. The van der Waals surface area contributed by atoms with Crippen LogP contribution in [-0.2, 0) is 0 Å². The SMILES string of the molecule is CCC1CCC(C2CC(CC)CCC2N)CC1. The van der Waals surface area contributed by atoms with E-state index in [-0.39, 0.29) is 0 Å². The Labute approximate surface area is 108 Å². The molecule has 3 atom stereocenters. The lowest BCUT2D eigenvalue weighted by atomic mass is 9.66. The van der Waals surface area contributed by atoms with E-state index >= 15 is 0 Å². The van der Waals surface area contributed by atoms with E-state index in [0.29, 0.717) is 6.04 Å². The third-order valence-electron chi connectivity index (χ3n) is 5.72. The molecule has 0 radical (unpaired) electrons. The maximum absolute atomic E-state index is 6.39. The van der Waals surface area contributed by atoms with Crippen molar-refractivity contribution in [1.29, 1.82) is 0 Å². The molecular weight excluding hydrogens is 206 g/mol. The molecule has 0 bridgehead atoms. The molecule has 2 aliphatic carbocycles. The van der Waals surface area contributed by atoms with Gasteiger partial charge in [0.1, 0.15) is 0 Å². The van der Waals surface area contributed by atoms with Crippen LogP contribution in [0.2, 0.25) is 0 Å². The second-order valence-corrected chi connectivity index (χ2v) is 6.60. The van der Waals surface area contributed by atoms with Gasteiger partial charge in [0.15, 0.2) is 0 Å². The van der Waals surface area contributed by atoms with Crippen LogP contribution in [0.1, 0.15) is 71.6 Å². The quantitative estimate of drug-likeness (QED) is 0.775. The van der Waals surface area contributed by atoms with Crippen molar-refractivity contribution in [2.75, 3.05) is 0 Å². The molecule has 0 spiro atoms. The Kier molecular flexibility index (Phi) is 4.90. The van der Waals surface area contributed by atoms with E-state index in [4.69, 9.17) is 5.73 Å². The zero-order chi connectivity index (χ0) is 12.3. The molecule has 3 unspecified atom stereocenters. The number of hydrogen-bond acceptors (Lipinski definition) is 1. The summed E-state index contributed by atoms with van der Waals surface area (Å²) in [5.41, 5.74) is 6.39. The lowest BCUT2D eigenvalue weighted by Gasteiger charge is -2.41. The van der Waals surface area contributed by atoms with Gasteiger partial charge in [-0.2, -0.15) is 0 Å². The first kappa shape index (κ1) is 13.4. The highest BCUT2D eigenvalue weighted by molar-refractivity contribution is 4.88. The molecule has 2 saturated carbocycles. The Balaban J connectivity index is 1.87. The van der Waals surface area contributed by atoms with Crippen molar-refractivity contribution >= 4 is 0 Å². The Morgan fingerprint density at radius 3 is 2.00 bits per heavy atom. The van der Waals surface area contributed by atoms with Gasteiger partial charge in [0.2, 0.25) is 0 Å². The normalized spacial score (nSPS) is 43.6. The standard InChI is InChI=1S/C16H31N/c1-3-12-5-8-14(9-6-12)15-11-13(4-2)7-10-16(15)17/h12-16H,3-11,17H2,1-2H3. The maximum Gasteiger partial charge on any atom is 0.00700 e.